The largest absolute Gasteiger partial charge is 0.385 e. The lowest BCUT2D eigenvalue weighted by atomic mass is 9.96. The number of benzene rings is 9. The summed E-state index contributed by atoms with van der Waals surface area (Å²) in [5.41, 5.74) is 6.57. The van der Waals surface area contributed by atoms with Crippen molar-refractivity contribution in [3.8, 4) is 0 Å². The van der Waals surface area contributed by atoms with Gasteiger partial charge in [0, 0.05) is 4.90 Å². The van der Waals surface area contributed by atoms with Gasteiger partial charge < -0.3 is 71.8 Å². The predicted octanol–water partition coefficient (Wildman–Crippen LogP) is 13.0. The smallest absolute Gasteiger partial charge is 0.187 e. The molecule has 0 saturated carbocycles. The Balaban J connectivity index is 0.907. The molecular formula is C80H84O15S. The van der Waals surface area contributed by atoms with Crippen LogP contribution in [-0.2, 0) is 114 Å². The van der Waals surface area contributed by atoms with Crippen LogP contribution in [0.25, 0.3) is 0 Å². The monoisotopic (exact) mass is 1320 g/mol. The van der Waals surface area contributed by atoms with E-state index in [1.54, 1.807) is 0 Å². The second-order valence-corrected chi connectivity index (χ2v) is 25.2. The van der Waals surface area contributed by atoms with Gasteiger partial charge in [0.15, 0.2) is 12.6 Å². The molecule has 3 heterocycles. The van der Waals surface area contributed by atoms with E-state index < -0.39 is 91.3 Å². The highest BCUT2D eigenvalue weighted by Gasteiger charge is 2.55. The highest BCUT2D eigenvalue weighted by Crippen LogP contribution is 2.41. The molecule has 15 atom stereocenters. The summed E-state index contributed by atoms with van der Waals surface area (Å²) in [5, 5.41) is 26.0. The van der Waals surface area contributed by atoms with Gasteiger partial charge in [-0.2, -0.15) is 0 Å². The molecule has 3 aliphatic heterocycles. The average Bonchev–Trinajstić information content (AvgIpc) is 0.780. The van der Waals surface area contributed by atoms with Gasteiger partial charge >= 0.3 is 0 Å². The van der Waals surface area contributed by atoms with Crippen LogP contribution in [0.3, 0.4) is 0 Å². The zero-order chi connectivity index (χ0) is 65.4. The molecule has 6 unspecified atom stereocenters. The summed E-state index contributed by atoms with van der Waals surface area (Å²) < 4.78 is 90.6. The Morgan fingerprint density at radius 3 is 0.885 bits per heavy atom. The van der Waals surface area contributed by atoms with Gasteiger partial charge in [0.2, 0.25) is 0 Å². The van der Waals surface area contributed by atoms with E-state index in [1.165, 1.54) is 11.8 Å². The van der Waals surface area contributed by atoms with Crippen molar-refractivity contribution < 1.29 is 71.8 Å². The van der Waals surface area contributed by atoms with E-state index in [0.29, 0.717) is 6.61 Å². The summed E-state index contributed by atoms with van der Waals surface area (Å²) in [6, 6.07) is 88.8. The van der Waals surface area contributed by atoms with Gasteiger partial charge in [-0.25, -0.2) is 0 Å². The molecule has 500 valence electrons. The van der Waals surface area contributed by atoms with E-state index in [0.717, 1.165) is 49.4 Å². The lowest BCUT2D eigenvalue weighted by Crippen LogP contribution is -2.66. The maximum absolute atomic E-state index is 13.2. The topological polar surface area (TPSA) is 160 Å². The summed E-state index contributed by atoms with van der Waals surface area (Å²) in [6.45, 7) is 1.44. The molecule has 9 aromatic rings. The van der Waals surface area contributed by atoms with Crippen molar-refractivity contribution in [1.29, 1.82) is 0 Å². The van der Waals surface area contributed by atoms with Crippen molar-refractivity contribution >= 4 is 11.8 Å². The van der Waals surface area contributed by atoms with Gasteiger partial charge in [-0.3, -0.25) is 0 Å². The molecule has 0 amide bonds. The molecule has 15 nitrogen and oxygen atoms in total. The Morgan fingerprint density at radius 1 is 0.260 bits per heavy atom. The number of hydrogen-bond donors (Lipinski definition) is 2. The van der Waals surface area contributed by atoms with E-state index in [2.05, 4.69) is 0 Å². The van der Waals surface area contributed by atoms with E-state index in [9.17, 15) is 10.2 Å². The van der Waals surface area contributed by atoms with Crippen LogP contribution in [0.2, 0.25) is 0 Å². The van der Waals surface area contributed by atoms with Crippen LogP contribution in [0.5, 0.6) is 0 Å². The van der Waals surface area contributed by atoms with Gasteiger partial charge in [0.05, 0.1) is 72.7 Å². The van der Waals surface area contributed by atoms with Crippen molar-refractivity contribution in [2.24, 2.45) is 0 Å². The van der Waals surface area contributed by atoms with E-state index >= 15 is 0 Å². The fourth-order valence-corrected chi connectivity index (χ4v) is 13.2. The van der Waals surface area contributed by atoms with Crippen LogP contribution in [0, 0.1) is 0 Å². The van der Waals surface area contributed by atoms with Crippen LogP contribution < -0.4 is 0 Å². The summed E-state index contributed by atoms with van der Waals surface area (Å²) in [5.74, 6) is 0. The highest BCUT2D eigenvalue weighted by molar-refractivity contribution is 7.99. The number of hydrogen-bond acceptors (Lipinski definition) is 16. The van der Waals surface area contributed by atoms with Crippen LogP contribution >= 0.6 is 11.8 Å². The minimum absolute atomic E-state index is 0.0426. The molecule has 16 heteroatoms. The first-order valence-electron chi connectivity index (χ1n) is 32.9. The number of rotatable bonds is 33. The Hall–Kier alpha value is -7.27. The average molecular weight is 1320 g/mol. The first kappa shape index (κ1) is 68.7. The first-order chi connectivity index (χ1) is 47.4. The normalized spacial score (nSPS) is 25.9. The van der Waals surface area contributed by atoms with Crippen molar-refractivity contribution in [1.82, 2.24) is 0 Å². The molecule has 2 N–H and O–H groups in total. The molecule has 3 aliphatic rings. The van der Waals surface area contributed by atoms with Gasteiger partial charge in [0.1, 0.15) is 78.7 Å². The number of aliphatic hydroxyl groups excluding tert-OH is 2. The Morgan fingerprint density at radius 2 is 0.531 bits per heavy atom. The third-order valence-corrected chi connectivity index (χ3v) is 18.2. The quantitative estimate of drug-likeness (QED) is 0.0399. The maximum atomic E-state index is 13.2. The molecule has 0 aliphatic carbocycles. The van der Waals surface area contributed by atoms with Crippen LogP contribution in [-0.4, -0.2) is 121 Å². The Labute approximate surface area is 567 Å². The fourth-order valence-electron chi connectivity index (χ4n) is 12.0. The summed E-state index contributed by atoms with van der Waals surface area (Å²) in [4.78, 5) is 0.888. The second-order valence-electron chi connectivity index (χ2n) is 24.0. The van der Waals surface area contributed by atoms with E-state index in [4.69, 9.17) is 61.6 Å². The van der Waals surface area contributed by atoms with Crippen LogP contribution in [0.1, 0.15) is 44.5 Å². The van der Waals surface area contributed by atoms with Crippen molar-refractivity contribution in [2.75, 3.05) is 19.8 Å². The minimum Gasteiger partial charge on any atom is -0.385 e. The first-order valence-corrected chi connectivity index (χ1v) is 33.8. The van der Waals surface area contributed by atoms with Crippen molar-refractivity contribution in [2.45, 2.75) is 149 Å². The Kier molecular flexibility index (Phi) is 26.0. The molecule has 0 spiro atoms. The number of ether oxygens (including phenoxy) is 13. The number of thioether (sulfide) groups is 1. The molecule has 0 bridgehead atoms. The summed E-state index contributed by atoms with van der Waals surface area (Å²) in [6.07, 6.45) is -14.9. The molecule has 3 saturated heterocycles. The Bertz CT molecular complexity index is 3580. The molecule has 9 aromatic carbocycles. The van der Waals surface area contributed by atoms with Crippen LogP contribution in [0.15, 0.2) is 278 Å². The standard InChI is InChI=1S/C80H84O15S/c81-69-74(88-51-62-38-20-6-21-39-62)71(85-48-59-32-14-3-15-33-59)66(54-83-46-57-28-10-1-11-29-57)92-78(69)91-56-68-73(87-50-61-36-18-5-19-37-61)76(77(90-53-64-42-24-8-25-43-64)80(94-68)96-65-44-26-9-27-45-65)95-79-70(82)75(89-52-63-40-22-7-23-41-63)72(86-49-60-34-16-4-17-35-60)67(93-79)55-84-47-58-30-12-2-13-31-58/h1-45,66-82H,46-56H2/t66?,67?,68?,69?,70?,71-,72-,73-,74+,75+,76-,77?,78+,79-,80-/m0/s1. The molecule has 12 rings (SSSR count). The SMILES string of the molecule is OC1[C@H](OCC2O[C@@H](Sc3ccccc3)C(OCc3ccccc3)[C@@H](O[C@@H]3OC(COCc4ccccc4)[C@H](OCc4ccccc4)[C@H](OCc4ccccc4)C3O)[C@H]2OCc2ccccc2)OC(COCc2ccccc2)[C@H](OCc2ccccc2)[C@@H]1OCc1ccccc1. The zero-order valence-electron chi connectivity index (χ0n) is 53.5. The molecule has 0 aromatic heterocycles. The summed E-state index contributed by atoms with van der Waals surface area (Å²) in [7, 11) is 0. The van der Waals surface area contributed by atoms with Gasteiger partial charge in [-0.15, -0.1) is 0 Å². The predicted molar refractivity (Wildman–Crippen MR) is 363 cm³/mol. The minimum atomic E-state index is -1.46. The van der Waals surface area contributed by atoms with Crippen molar-refractivity contribution in [3.05, 3.63) is 317 Å². The van der Waals surface area contributed by atoms with E-state index in [1.807, 2.05) is 273 Å². The van der Waals surface area contributed by atoms with Gasteiger partial charge in [0.25, 0.3) is 0 Å². The van der Waals surface area contributed by atoms with Gasteiger partial charge in [-0.05, 0) is 56.6 Å². The molecular weight excluding hydrogens is 1230 g/mol. The third kappa shape index (κ3) is 19.7. The zero-order valence-corrected chi connectivity index (χ0v) is 54.3. The van der Waals surface area contributed by atoms with Crippen molar-refractivity contribution in [3.63, 3.8) is 0 Å². The van der Waals surface area contributed by atoms with Gasteiger partial charge in [-0.1, -0.05) is 273 Å². The summed E-state index contributed by atoms with van der Waals surface area (Å²) >= 11 is 1.45. The third-order valence-electron chi connectivity index (χ3n) is 17.0. The maximum Gasteiger partial charge on any atom is 0.187 e. The second kappa shape index (κ2) is 36.4. The van der Waals surface area contributed by atoms with E-state index in [-0.39, 0.29) is 66.1 Å². The number of aliphatic hydroxyl groups is 2. The fraction of sp³-hybridized carbons (Fsp3) is 0.325. The highest BCUT2D eigenvalue weighted by atomic mass is 32.2. The lowest BCUT2D eigenvalue weighted by Gasteiger charge is -2.50. The molecule has 0 radical (unpaired) electrons. The lowest BCUT2D eigenvalue weighted by molar-refractivity contribution is -0.358. The molecule has 3 fully saturated rings. The molecule has 96 heavy (non-hydrogen) atoms. The van der Waals surface area contributed by atoms with Crippen LogP contribution in [0.4, 0.5) is 0 Å².